The number of hydrogen-bond donors (Lipinski definition) is 4. The normalized spacial score (nSPS) is 31.4. The van der Waals surface area contributed by atoms with Crippen molar-refractivity contribution in [2.45, 2.75) is 37.1 Å². The van der Waals surface area contributed by atoms with E-state index in [9.17, 15) is 29.3 Å². The van der Waals surface area contributed by atoms with Crippen LogP contribution in [0.1, 0.15) is 12.6 Å². The van der Waals surface area contributed by atoms with Crippen molar-refractivity contribution in [2.75, 3.05) is 6.67 Å². The van der Waals surface area contributed by atoms with E-state index in [0.717, 1.165) is 16.8 Å². The predicted octanol–water partition coefficient (Wildman–Crippen LogP) is -2.12. The van der Waals surface area contributed by atoms with Crippen LogP contribution < -0.4 is 11.2 Å². The number of alkyl halides is 1. The summed E-state index contributed by atoms with van der Waals surface area (Å²) in [6.07, 6.45) is -5.92. The highest BCUT2D eigenvalue weighted by Crippen LogP contribution is 2.30. The molecule has 4 N–H and O–H groups in total. The maximum absolute atomic E-state index is 12.2. The molecule has 0 amide bonds. The molecule has 1 aliphatic heterocycles. The van der Waals surface area contributed by atoms with Gasteiger partial charge in [0.25, 0.3) is 5.56 Å². The second-order valence-electron chi connectivity index (χ2n) is 4.53. The minimum atomic E-state index is -1.49. The van der Waals surface area contributed by atoms with Gasteiger partial charge in [0.05, 0.1) is 12.8 Å². The Morgan fingerprint density at radius 1 is 1.40 bits per heavy atom. The second kappa shape index (κ2) is 5.83. The molecule has 1 aliphatic rings. The summed E-state index contributed by atoms with van der Waals surface area (Å²) in [6, 6.07) is 1.05. The zero-order valence-electron chi connectivity index (χ0n) is 10.3. The Morgan fingerprint density at radius 2 is 2.10 bits per heavy atom. The molecule has 0 radical (unpaired) electrons. The highest BCUT2D eigenvalue weighted by Gasteiger charge is 2.46. The van der Waals surface area contributed by atoms with E-state index in [-0.39, 0.29) is 6.42 Å². The minimum Gasteiger partial charge on any atom is -0.390 e. The Labute approximate surface area is 112 Å². The van der Waals surface area contributed by atoms with Crippen LogP contribution in [0.25, 0.3) is 0 Å². The van der Waals surface area contributed by atoms with E-state index in [0.29, 0.717) is 0 Å². The third-order valence-corrected chi connectivity index (χ3v) is 3.18. The fourth-order valence-electron chi connectivity index (χ4n) is 2.14. The number of aromatic nitrogens is 2. The van der Waals surface area contributed by atoms with E-state index in [1.165, 1.54) is 0 Å². The van der Waals surface area contributed by atoms with Crippen molar-refractivity contribution >= 4 is 0 Å². The fourth-order valence-corrected chi connectivity index (χ4v) is 2.14. The number of hydrogen-bond acceptors (Lipinski definition) is 6. The summed E-state index contributed by atoms with van der Waals surface area (Å²) in [5.74, 6) is 0. The van der Waals surface area contributed by atoms with Crippen molar-refractivity contribution in [2.24, 2.45) is 0 Å². The van der Waals surface area contributed by atoms with E-state index in [1.54, 1.807) is 0 Å². The van der Waals surface area contributed by atoms with E-state index in [1.807, 2.05) is 4.98 Å². The number of nitrogens with zero attached hydrogens (tertiary/aromatic N) is 1. The number of aliphatic hydroxyl groups is 3. The van der Waals surface area contributed by atoms with Crippen LogP contribution in [0.3, 0.4) is 0 Å². The Balaban J connectivity index is 2.26. The van der Waals surface area contributed by atoms with Crippen molar-refractivity contribution in [1.29, 1.82) is 0 Å². The largest absolute Gasteiger partial charge is 0.390 e. The first-order valence-electron chi connectivity index (χ1n) is 6.03. The lowest BCUT2D eigenvalue weighted by Crippen LogP contribution is -2.39. The standard InChI is InChI=1S/C11H15FN2O6/c12-3-1-5(15)9-7(17)8(18)10(20-9)14-4-2-6(16)13-11(14)19/h2,4-5,7-10,15,17-18H,1,3H2,(H,13,16,19)/t5?,7-,8-,9+,10+/m0/s1. The average Bonchev–Trinajstić information content (AvgIpc) is 2.67. The molecule has 0 saturated carbocycles. The van der Waals surface area contributed by atoms with Crippen LogP contribution in [0.15, 0.2) is 21.9 Å². The monoisotopic (exact) mass is 290 g/mol. The van der Waals surface area contributed by atoms with Crippen LogP contribution >= 0.6 is 0 Å². The number of halogens is 1. The van der Waals surface area contributed by atoms with Crippen LogP contribution in [0, 0.1) is 0 Å². The maximum Gasteiger partial charge on any atom is 0.330 e. The Morgan fingerprint density at radius 3 is 2.70 bits per heavy atom. The van der Waals surface area contributed by atoms with Crippen LogP contribution in [0.2, 0.25) is 0 Å². The van der Waals surface area contributed by atoms with Crippen molar-refractivity contribution in [3.63, 3.8) is 0 Å². The van der Waals surface area contributed by atoms with Gasteiger partial charge >= 0.3 is 5.69 Å². The van der Waals surface area contributed by atoms with Crippen molar-refractivity contribution < 1.29 is 24.4 Å². The zero-order valence-corrected chi connectivity index (χ0v) is 10.3. The summed E-state index contributed by atoms with van der Waals surface area (Å²) in [6.45, 7) is -0.812. The number of rotatable bonds is 4. The number of aromatic amines is 1. The molecule has 2 rings (SSSR count). The lowest BCUT2D eigenvalue weighted by Gasteiger charge is -2.19. The lowest BCUT2D eigenvalue weighted by molar-refractivity contribution is -0.0887. The van der Waals surface area contributed by atoms with E-state index < -0.39 is 48.6 Å². The van der Waals surface area contributed by atoms with Crippen molar-refractivity contribution in [3.05, 3.63) is 33.1 Å². The Kier molecular flexibility index (Phi) is 4.33. The molecule has 0 spiro atoms. The lowest BCUT2D eigenvalue weighted by atomic mass is 10.0. The smallest absolute Gasteiger partial charge is 0.330 e. The molecule has 1 fully saturated rings. The molecule has 2 heterocycles. The molecule has 1 aromatic heterocycles. The Bertz CT molecular complexity index is 573. The summed E-state index contributed by atoms with van der Waals surface area (Å²) in [5.41, 5.74) is -1.44. The van der Waals surface area contributed by atoms with Gasteiger partial charge < -0.3 is 20.1 Å². The van der Waals surface area contributed by atoms with Crippen LogP contribution in [-0.2, 0) is 4.74 Å². The maximum atomic E-state index is 12.2. The molecule has 20 heavy (non-hydrogen) atoms. The van der Waals surface area contributed by atoms with Gasteiger partial charge in [-0.3, -0.25) is 18.7 Å². The molecule has 0 aromatic carbocycles. The summed E-state index contributed by atoms with van der Waals surface area (Å²) >= 11 is 0. The van der Waals surface area contributed by atoms with E-state index in [4.69, 9.17) is 4.74 Å². The zero-order chi connectivity index (χ0) is 14.9. The number of nitrogens with one attached hydrogen (secondary N) is 1. The molecule has 8 nitrogen and oxygen atoms in total. The van der Waals surface area contributed by atoms with Gasteiger partial charge in [0.15, 0.2) is 6.23 Å². The molecule has 1 aromatic rings. The Hall–Kier alpha value is -1.55. The molecular weight excluding hydrogens is 275 g/mol. The van der Waals surface area contributed by atoms with Gasteiger partial charge in [-0.2, -0.15) is 0 Å². The first kappa shape index (κ1) is 14.9. The van der Waals surface area contributed by atoms with Crippen LogP contribution in [0.5, 0.6) is 0 Å². The SMILES string of the molecule is O=c1ccn([C@@H]2O[C@H](C(O)CCF)[C@@H](O)[C@@H]2O)c(=O)[nH]1. The molecule has 0 bridgehead atoms. The first-order valence-corrected chi connectivity index (χ1v) is 6.03. The number of aliphatic hydroxyl groups excluding tert-OH is 3. The highest BCUT2D eigenvalue weighted by atomic mass is 19.1. The average molecular weight is 290 g/mol. The highest BCUT2D eigenvalue weighted by molar-refractivity contribution is 4.95. The van der Waals surface area contributed by atoms with Crippen molar-refractivity contribution in [1.82, 2.24) is 9.55 Å². The van der Waals surface area contributed by atoms with Crippen LogP contribution in [-0.4, -0.2) is 56.0 Å². The van der Waals surface area contributed by atoms with Gasteiger partial charge in [-0.1, -0.05) is 0 Å². The molecular formula is C11H15FN2O6. The van der Waals surface area contributed by atoms with Gasteiger partial charge in [-0.05, 0) is 0 Å². The first-order chi connectivity index (χ1) is 9.45. The molecule has 9 heteroatoms. The van der Waals surface area contributed by atoms with Crippen molar-refractivity contribution in [3.8, 4) is 0 Å². The van der Waals surface area contributed by atoms with Gasteiger partial charge in [-0.15, -0.1) is 0 Å². The van der Waals surface area contributed by atoms with Gasteiger partial charge in [0, 0.05) is 18.7 Å². The quantitative estimate of drug-likeness (QED) is 0.502. The van der Waals surface area contributed by atoms with E-state index in [2.05, 4.69) is 0 Å². The minimum absolute atomic E-state index is 0.262. The predicted molar refractivity (Wildman–Crippen MR) is 63.8 cm³/mol. The van der Waals surface area contributed by atoms with Gasteiger partial charge in [0.1, 0.15) is 18.3 Å². The molecule has 112 valence electrons. The van der Waals surface area contributed by atoms with E-state index >= 15 is 0 Å². The third-order valence-electron chi connectivity index (χ3n) is 3.18. The summed E-state index contributed by atoms with van der Waals surface area (Å²) < 4.78 is 18.3. The molecule has 1 saturated heterocycles. The third kappa shape index (κ3) is 2.66. The van der Waals surface area contributed by atoms with Crippen LogP contribution in [0.4, 0.5) is 4.39 Å². The van der Waals surface area contributed by atoms with Gasteiger partial charge in [-0.25, -0.2) is 4.79 Å². The summed E-state index contributed by atoms with van der Waals surface area (Å²) in [7, 11) is 0. The number of H-pyrrole nitrogens is 1. The van der Waals surface area contributed by atoms with Gasteiger partial charge in [0.2, 0.25) is 0 Å². The second-order valence-corrected chi connectivity index (χ2v) is 4.53. The molecule has 1 unspecified atom stereocenters. The summed E-state index contributed by atoms with van der Waals surface area (Å²) in [5, 5.41) is 29.3. The number of ether oxygens (including phenoxy) is 1. The molecule has 0 aliphatic carbocycles. The molecule has 5 atom stereocenters. The fraction of sp³-hybridized carbons (Fsp3) is 0.636. The topological polar surface area (TPSA) is 125 Å². The summed E-state index contributed by atoms with van der Waals surface area (Å²) in [4.78, 5) is 24.5.